The Morgan fingerprint density at radius 2 is 1.97 bits per heavy atom. The maximum absolute atomic E-state index is 14.5. The molecule has 0 saturated carbocycles. The van der Waals surface area contributed by atoms with Gasteiger partial charge < -0.3 is 15.4 Å². The Kier molecular flexibility index (Phi) is 4.60. The van der Waals surface area contributed by atoms with Crippen LogP contribution < -0.4 is 10.9 Å². The van der Waals surface area contributed by atoms with Gasteiger partial charge in [-0.3, -0.25) is 4.79 Å². The zero-order valence-corrected chi connectivity index (χ0v) is 16.9. The third-order valence-electron chi connectivity index (χ3n) is 6.20. The first-order valence-corrected chi connectivity index (χ1v) is 10.8. The van der Waals surface area contributed by atoms with Crippen LogP contribution in [0.3, 0.4) is 0 Å². The molecule has 1 aromatic heterocycles. The van der Waals surface area contributed by atoms with E-state index in [2.05, 4.69) is 10.3 Å². The highest BCUT2D eigenvalue weighted by Crippen LogP contribution is 2.57. The second-order valence-corrected chi connectivity index (χ2v) is 9.11. The Morgan fingerprint density at radius 3 is 2.74 bits per heavy atom. The molecule has 0 amide bonds. The number of hydrogen-bond donors (Lipinski definition) is 3. The van der Waals surface area contributed by atoms with Crippen molar-refractivity contribution in [2.75, 3.05) is 11.1 Å². The Labute approximate surface area is 178 Å². The van der Waals surface area contributed by atoms with Gasteiger partial charge in [-0.25, -0.2) is 4.39 Å². The molecule has 3 unspecified atom stereocenters. The zero-order chi connectivity index (χ0) is 22.0. The summed E-state index contributed by atoms with van der Waals surface area (Å²) in [6, 6.07) is 8.62. The number of benzene rings is 2. The molecule has 5 rings (SSSR count). The number of aromatic amines is 1. The van der Waals surface area contributed by atoms with E-state index in [0.29, 0.717) is 39.2 Å². The summed E-state index contributed by atoms with van der Waals surface area (Å²) < 4.78 is 57.1. The summed E-state index contributed by atoms with van der Waals surface area (Å²) in [6.45, 7) is 0. The van der Waals surface area contributed by atoms with Gasteiger partial charge in [0.15, 0.2) is 5.60 Å². The summed E-state index contributed by atoms with van der Waals surface area (Å²) in [7, 11) is 0. The molecule has 162 valence electrons. The van der Waals surface area contributed by atoms with Crippen LogP contribution in [0.4, 0.5) is 23.2 Å². The van der Waals surface area contributed by atoms with Gasteiger partial charge in [0.05, 0.1) is 11.6 Å². The van der Waals surface area contributed by atoms with Gasteiger partial charge in [0.25, 0.3) is 0 Å². The molecule has 9 heteroatoms. The minimum atomic E-state index is -4.90. The van der Waals surface area contributed by atoms with E-state index in [4.69, 9.17) is 0 Å². The zero-order valence-electron chi connectivity index (χ0n) is 16.1. The molecule has 3 aromatic rings. The first kappa shape index (κ1) is 20.4. The largest absolute Gasteiger partial charge is 0.419 e. The SMILES string of the molecule is O=c1ccc2c(NC3c4ccc(F)c5c4C(CCS5)CC3(O)C(F)(F)F)cccc2[nH]1. The molecule has 2 aliphatic rings. The lowest BCUT2D eigenvalue weighted by atomic mass is 9.69. The van der Waals surface area contributed by atoms with Gasteiger partial charge in [0.1, 0.15) is 5.82 Å². The number of aromatic nitrogens is 1. The number of rotatable bonds is 2. The van der Waals surface area contributed by atoms with E-state index in [1.807, 2.05) is 0 Å². The third-order valence-corrected chi connectivity index (χ3v) is 7.35. The molecule has 2 aromatic carbocycles. The van der Waals surface area contributed by atoms with Crippen LogP contribution in [-0.4, -0.2) is 27.6 Å². The number of nitrogens with one attached hydrogen (secondary N) is 2. The Morgan fingerprint density at radius 1 is 1.16 bits per heavy atom. The van der Waals surface area contributed by atoms with E-state index in [9.17, 15) is 27.5 Å². The minimum Gasteiger partial charge on any atom is -0.379 e. The molecule has 3 atom stereocenters. The molecule has 0 radical (unpaired) electrons. The maximum atomic E-state index is 14.5. The van der Waals surface area contributed by atoms with E-state index >= 15 is 0 Å². The number of anilines is 1. The molecule has 4 nitrogen and oxygen atoms in total. The lowest BCUT2D eigenvalue weighted by molar-refractivity contribution is -0.273. The lowest BCUT2D eigenvalue weighted by Crippen LogP contribution is -2.56. The standard InChI is InChI=1S/C22H18F4N2O2S/c23-14-6-4-13-18-11(8-9-31-19(14)18)10-21(30,22(24,25)26)20(13)28-16-3-1-2-15-12(16)5-7-17(29)27-15/h1-7,11,20,28,30H,8-10H2,(H,27,29). The lowest BCUT2D eigenvalue weighted by Gasteiger charge is -2.47. The van der Waals surface area contributed by atoms with Gasteiger partial charge >= 0.3 is 6.18 Å². The van der Waals surface area contributed by atoms with Crippen molar-refractivity contribution < 1.29 is 22.7 Å². The molecule has 1 aliphatic carbocycles. The van der Waals surface area contributed by atoms with Gasteiger partial charge in [0.2, 0.25) is 5.56 Å². The Bertz CT molecular complexity index is 1240. The van der Waals surface area contributed by atoms with Gasteiger partial charge in [-0.1, -0.05) is 12.1 Å². The van der Waals surface area contributed by atoms with Crippen LogP contribution in [0.25, 0.3) is 10.9 Å². The van der Waals surface area contributed by atoms with Crippen molar-refractivity contribution >= 4 is 28.4 Å². The highest BCUT2D eigenvalue weighted by Gasteiger charge is 2.62. The van der Waals surface area contributed by atoms with Crippen LogP contribution in [0.2, 0.25) is 0 Å². The Hall–Kier alpha value is -2.52. The van der Waals surface area contributed by atoms with Gasteiger partial charge in [0, 0.05) is 22.0 Å². The smallest absolute Gasteiger partial charge is 0.379 e. The number of hydrogen-bond acceptors (Lipinski definition) is 4. The van der Waals surface area contributed by atoms with Gasteiger partial charge in [-0.15, -0.1) is 11.8 Å². The van der Waals surface area contributed by atoms with Gasteiger partial charge in [-0.05, 0) is 59.9 Å². The quantitative estimate of drug-likeness (QED) is 0.476. The number of alkyl halides is 3. The molecule has 3 N–H and O–H groups in total. The van der Waals surface area contributed by atoms with Crippen LogP contribution in [0.5, 0.6) is 0 Å². The number of pyridine rings is 1. The number of thioether (sulfide) groups is 1. The van der Waals surface area contributed by atoms with E-state index in [-0.39, 0.29) is 11.1 Å². The molecule has 0 fully saturated rings. The average molecular weight is 450 g/mol. The normalized spacial score (nSPS) is 25.3. The van der Waals surface area contributed by atoms with E-state index in [1.165, 1.54) is 36.0 Å². The number of H-pyrrole nitrogens is 1. The summed E-state index contributed by atoms with van der Waals surface area (Å²) in [5, 5.41) is 14.4. The van der Waals surface area contributed by atoms with Crippen molar-refractivity contribution in [2.24, 2.45) is 0 Å². The summed E-state index contributed by atoms with van der Waals surface area (Å²) in [6.07, 6.45) is -5.01. The van der Waals surface area contributed by atoms with E-state index in [1.54, 1.807) is 18.2 Å². The first-order chi connectivity index (χ1) is 14.7. The topological polar surface area (TPSA) is 65.1 Å². The Balaban J connectivity index is 1.71. The van der Waals surface area contributed by atoms with Crippen molar-refractivity contribution in [1.82, 2.24) is 4.98 Å². The second kappa shape index (κ2) is 7.00. The third kappa shape index (κ3) is 3.13. The fraction of sp³-hybridized carbons (Fsp3) is 0.318. The number of halogens is 4. The van der Waals surface area contributed by atoms with Crippen molar-refractivity contribution in [3.05, 3.63) is 69.8 Å². The summed E-state index contributed by atoms with van der Waals surface area (Å²) in [4.78, 5) is 14.6. The minimum absolute atomic E-state index is 0.251. The monoisotopic (exact) mass is 450 g/mol. The highest BCUT2D eigenvalue weighted by molar-refractivity contribution is 7.99. The van der Waals surface area contributed by atoms with E-state index in [0.717, 1.165) is 0 Å². The van der Waals surface area contributed by atoms with Crippen LogP contribution in [0, 0.1) is 5.82 Å². The van der Waals surface area contributed by atoms with Crippen LogP contribution in [0.1, 0.15) is 35.9 Å². The fourth-order valence-corrected chi connectivity index (χ4v) is 6.01. The van der Waals surface area contributed by atoms with Crippen LogP contribution >= 0.6 is 11.8 Å². The molecule has 1 aliphatic heterocycles. The number of aliphatic hydroxyl groups is 1. The molecule has 31 heavy (non-hydrogen) atoms. The predicted octanol–water partition coefficient (Wildman–Crippen LogP) is 5.10. The average Bonchev–Trinajstić information content (AvgIpc) is 2.71. The molecular weight excluding hydrogens is 432 g/mol. The predicted molar refractivity (Wildman–Crippen MR) is 111 cm³/mol. The molecular formula is C22H18F4N2O2S. The maximum Gasteiger partial charge on any atom is 0.419 e. The first-order valence-electron chi connectivity index (χ1n) is 9.82. The van der Waals surface area contributed by atoms with Crippen molar-refractivity contribution in [3.8, 4) is 0 Å². The van der Waals surface area contributed by atoms with Crippen LogP contribution in [0.15, 0.2) is 52.2 Å². The number of fused-ring (bicyclic) bond motifs is 1. The van der Waals surface area contributed by atoms with Crippen LogP contribution in [-0.2, 0) is 0 Å². The van der Waals surface area contributed by atoms with Crippen molar-refractivity contribution in [3.63, 3.8) is 0 Å². The highest BCUT2D eigenvalue weighted by atomic mass is 32.2. The fourth-order valence-electron chi connectivity index (χ4n) is 4.76. The second-order valence-electron chi connectivity index (χ2n) is 8.01. The molecule has 0 saturated heterocycles. The summed E-state index contributed by atoms with van der Waals surface area (Å²) in [5.74, 6) is -0.524. The summed E-state index contributed by atoms with van der Waals surface area (Å²) >= 11 is 1.30. The summed E-state index contributed by atoms with van der Waals surface area (Å²) in [5.41, 5.74) is -1.77. The molecule has 0 bridgehead atoms. The van der Waals surface area contributed by atoms with Crippen molar-refractivity contribution in [2.45, 2.75) is 41.5 Å². The van der Waals surface area contributed by atoms with E-state index < -0.39 is 36.0 Å². The van der Waals surface area contributed by atoms with Gasteiger partial charge in [-0.2, -0.15) is 13.2 Å². The van der Waals surface area contributed by atoms with Crippen molar-refractivity contribution in [1.29, 1.82) is 0 Å². The molecule has 2 heterocycles. The molecule has 0 spiro atoms.